The second-order valence-corrected chi connectivity index (χ2v) is 7.21. The van der Waals surface area contributed by atoms with Crippen LogP contribution in [0.2, 0.25) is 0 Å². The van der Waals surface area contributed by atoms with E-state index in [1.54, 1.807) is 0 Å². The first-order valence-electron chi connectivity index (χ1n) is 8.97. The van der Waals surface area contributed by atoms with Crippen LogP contribution in [0.15, 0.2) is 24.4 Å². The number of amides is 1. The lowest BCUT2D eigenvalue weighted by atomic mass is 9.91. The van der Waals surface area contributed by atoms with Gasteiger partial charge in [-0.25, -0.2) is 4.98 Å². The van der Waals surface area contributed by atoms with E-state index >= 15 is 0 Å². The predicted octanol–water partition coefficient (Wildman–Crippen LogP) is 3.86. The molecule has 2 aromatic heterocycles. The largest absolute Gasteiger partial charge is 0.334 e. The van der Waals surface area contributed by atoms with Crippen LogP contribution in [0.4, 0.5) is 0 Å². The number of carbonyl (C=O) groups is 1. The molecule has 4 heteroatoms. The number of fused-ring (bicyclic) bond motifs is 1. The van der Waals surface area contributed by atoms with E-state index in [4.69, 9.17) is 4.98 Å². The van der Waals surface area contributed by atoms with E-state index in [-0.39, 0.29) is 5.91 Å². The van der Waals surface area contributed by atoms with Gasteiger partial charge in [-0.3, -0.25) is 4.79 Å². The topological polar surface area (TPSA) is 37.6 Å². The number of likely N-dealkylation sites (tertiary alicyclic amines) is 1. The normalized spacial score (nSPS) is 25.0. The van der Waals surface area contributed by atoms with Gasteiger partial charge in [0.1, 0.15) is 5.82 Å². The summed E-state index contributed by atoms with van der Waals surface area (Å²) in [5.74, 6) is 2.35. The second-order valence-electron chi connectivity index (χ2n) is 7.21. The number of carbonyl (C=O) groups excluding carboxylic acids is 1. The van der Waals surface area contributed by atoms with E-state index in [0.29, 0.717) is 23.6 Å². The molecule has 4 rings (SSSR count). The Labute approximate surface area is 137 Å². The van der Waals surface area contributed by atoms with Gasteiger partial charge >= 0.3 is 0 Å². The molecular weight excluding hydrogens is 286 g/mol. The molecule has 1 amide bonds. The van der Waals surface area contributed by atoms with Crippen LogP contribution in [0, 0.1) is 5.92 Å². The fourth-order valence-corrected chi connectivity index (χ4v) is 3.78. The number of hydrogen-bond acceptors (Lipinski definition) is 2. The average Bonchev–Trinajstić information content (AvgIpc) is 3.35. The summed E-state index contributed by atoms with van der Waals surface area (Å²) < 4.78 is 2.12. The molecule has 0 aromatic carbocycles. The Morgan fingerprint density at radius 2 is 2.09 bits per heavy atom. The molecule has 1 aliphatic heterocycles. The average molecular weight is 311 g/mol. The standard InChI is InChI=1S/C19H25N3O/c1-3-14-8-7-13(2)22(12-14)19(23)17-16-6-4-5-11-21(16)18(20-17)15-9-10-15/h4-6,11,13-15H,3,7-10,12H2,1-2H3/t13-,14+/m1/s1. The van der Waals surface area contributed by atoms with E-state index in [9.17, 15) is 4.79 Å². The van der Waals surface area contributed by atoms with Crippen LogP contribution in [0.1, 0.15) is 68.2 Å². The monoisotopic (exact) mass is 311 g/mol. The molecule has 0 N–H and O–H groups in total. The molecule has 1 saturated heterocycles. The maximum absolute atomic E-state index is 13.2. The molecular formula is C19H25N3O. The van der Waals surface area contributed by atoms with Gasteiger partial charge in [0, 0.05) is 24.7 Å². The minimum Gasteiger partial charge on any atom is -0.334 e. The van der Waals surface area contributed by atoms with E-state index in [2.05, 4.69) is 23.1 Å². The summed E-state index contributed by atoms with van der Waals surface area (Å²) in [6.45, 7) is 5.27. The number of aromatic nitrogens is 2. The zero-order valence-electron chi connectivity index (χ0n) is 14.0. The van der Waals surface area contributed by atoms with Gasteiger partial charge in [-0.15, -0.1) is 0 Å². The minimum atomic E-state index is 0.117. The number of imidazole rings is 1. The lowest BCUT2D eigenvalue weighted by molar-refractivity contribution is 0.0553. The Bertz CT molecular complexity index is 731. The first-order chi connectivity index (χ1) is 11.2. The van der Waals surface area contributed by atoms with Crippen molar-refractivity contribution in [2.24, 2.45) is 5.92 Å². The first-order valence-corrected chi connectivity index (χ1v) is 8.97. The van der Waals surface area contributed by atoms with E-state index < -0.39 is 0 Å². The quantitative estimate of drug-likeness (QED) is 0.863. The SMILES string of the molecule is CC[C@H]1CC[C@@H](C)N(C(=O)c2nc(C3CC3)n3ccccc23)C1. The Balaban J connectivity index is 1.72. The van der Waals surface area contributed by atoms with Crippen LogP contribution in [0.5, 0.6) is 0 Å². The molecule has 4 nitrogen and oxygen atoms in total. The van der Waals surface area contributed by atoms with Crippen LogP contribution >= 0.6 is 0 Å². The highest BCUT2D eigenvalue weighted by molar-refractivity contribution is 5.99. The van der Waals surface area contributed by atoms with Gasteiger partial charge in [-0.1, -0.05) is 19.4 Å². The zero-order valence-corrected chi connectivity index (χ0v) is 14.0. The molecule has 0 unspecified atom stereocenters. The molecule has 0 radical (unpaired) electrons. The van der Waals surface area contributed by atoms with E-state index in [1.165, 1.54) is 19.3 Å². The fourth-order valence-electron chi connectivity index (χ4n) is 3.78. The van der Waals surface area contributed by atoms with Crippen molar-refractivity contribution < 1.29 is 4.79 Å². The van der Waals surface area contributed by atoms with E-state index in [0.717, 1.165) is 30.7 Å². The third-order valence-corrected chi connectivity index (χ3v) is 5.54. The Kier molecular flexibility index (Phi) is 3.63. The Morgan fingerprint density at radius 1 is 1.26 bits per heavy atom. The molecule has 0 spiro atoms. The molecule has 0 bridgehead atoms. The molecule has 1 aliphatic carbocycles. The summed E-state index contributed by atoms with van der Waals surface area (Å²) in [5.41, 5.74) is 1.61. The third kappa shape index (κ3) is 2.54. The predicted molar refractivity (Wildman–Crippen MR) is 90.7 cm³/mol. The van der Waals surface area contributed by atoms with Crippen molar-refractivity contribution in [1.82, 2.24) is 14.3 Å². The smallest absolute Gasteiger partial charge is 0.274 e. The molecule has 2 aliphatic rings. The van der Waals surface area contributed by atoms with Gasteiger partial charge in [-0.2, -0.15) is 0 Å². The molecule has 122 valence electrons. The highest BCUT2D eigenvalue weighted by Gasteiger charge is 2.34. The molecule has 2 aromatic rings. The van der Waals surface area contributed by atoms with Crippen molar-refractivity contribution in [3.63, 3.8) is 0 Å². The van der Waals surface area contributed by atoms with Crippen LogP contribution in [0.25, 0.3) is 5.52 Å². The van der Waals surface area contributed by atoms with Crippen molar-refractivity contribution in [3.8, 4) is 0 Å². The van der Waals surface area contributed by atoms with Crippen molar-refractivity contribution in [2.75, 3.05) is 6.54 Å². The van der Waals surface area contributed by atoms with Crippen LogP contribution in [-0.2, 0) is 0 Å². The van der Waals surface area contributed by atoms with Crippen molar-refractivity contribution in [3.05, 3.63) is 35.9 Å². The summed E-state index contributed by atoms with van der Waals surface area (Å²) in [5, 5.41) is 0. The lowest BCUT2D eigenvalue weighted by Gasteiger charge is -2.37. The summed E-state index contributed by atoms with van der Waals surface area (Å²) in [6.07, 6.45) is 7.92. The highest BCUT2D eigenvalue weighted by Crippen LogP contribution is 2.40. The molecule has 23 heavy (non-hydrogen) atoms. The van der Waals surface area contributed by atoms with Crippen molar-refractivity contribution in [2.45, 2.75) is 57.9 Å². The van der Waals surface area contributed by atoms with Crippen LogP contribution in [0.3, 0.4) is 0 Å². The highest BCUT2D eigenvalue weighted by atomic mass is 16.2. The summed E-state index contributed by atoms with van der Waals surface area (Å²) in [7, 11) is 0. The third-order valence-electron chi connectivity index (χ3n) is 5.54. The van der Waals surface area contributed by atoms with Crippen LogP contribution in [-0.4, -0.2) is 32.8 Å². The van der Waals surface area contributed by atoms with Gasteiger partial charge in [-0.05, 0) is 50.7 Å². The summed E-state index contributed by atoms with van der Waals surface area (Å²) >= 11 is 0. The molecule has 3 heterocycles. The van der Waals surface area contributed by atoms with Gasteiger partial charge < -0.3 is 9.30 Å². The van der Waals surface area contributed by atoms with Gasteiger partial charge in [0.15, 0.2) is 5.69 Å². The molecule has 2 atom stereocenters. The maximum atomic E-state index is 13.2. The van der Waals surface area contributed by atoms with Gasteiger partial charge in [0.05, 0.1) is 5.52 Å². The van der Waals surface area contributed by atoms with E-state index in [1.807, 2.05) is 24.4 Å². The number of nitrogens with zero attached hydrogens (tertiary/aromatic N) is 3. The van der Waals surface area contributed by atoms with Crippen molar-refractivity contribution >= 4 is 11.4 Å². The molecule has 1 saturated carbocycles. The summed E-state index contributed by atoms with van der Waals surface area (Å²) in [6, 6.07) is 6.36. The minimum absolute atomic E-state index is 0.117. The maximum Gasteiger partial charge on any atom is 0.274 e. The van der Waals surface area contributed by atoms with Crippen molar-refractivity contribution in [1.29, 1.82) is 0 Å². The number of rotatable bonds is 3. The van der Waals surface area contributed by atoms with Crippen LogP contribution < -0.4 is 0 Å². The fraction of sp³-hybridized carbons (Fsp3) is 0.579. The second kappa shape index (κ2) is 5.66. The Morgan fingerprint density at radius 3 is 2.83 bits per heavy atom. The lowest BCUT2D eigenvalue weighted by Crippen LogP contribution is -2.45. The number of piperidine rings is 1. The number of pyridine rings is 1. The Hall–Kier alpha value is -1.84. The molecule has 2 fully saturated rings. The first kappa shape index (κ1) is 14.7. The van der Waals surface area contributed by atoms with Gasteiger partial charge in [0.25, 0.3) is 5.91 Å². The zero-order chi connectivity index (χ0) is 16.0. The van der Waals surface area contributed by atoms with Gasteiger partial charge in [0.2, 0.25) is 0 Å². The summed E-state index contributed by atoms with van der Waals surface area (Å²) in [4.78, 5) is 20.0. The number of hydrogen-bond donors (Lipinski definition) is 0.